The largest absolute Gasteiger partial charge is 0.356 e. The van der Waals surface area contributed by atoms with E-state index < -0.39 is 11.6 Å². The van der Waals surface area contributed by atoms with E-state index in [1.165, 1.54) is 18.5 Å². The van der Waals surface area contributed by atoms with E-state index in [1.807, 2.05) is 6.92 Å². The summed E-state index contributed by atoms with van der Waals surface area (Å²) in [6.07, 6.45) is 4.13. The van der Waals surface area contributed by atoms with Crippen LogP contribution < -0.4 is 5.32 Å². The van der Waals surface area contributed by atoms with Crippen molar-refractivity contribution in [2.24, 2.45) is 0 Å². The van der Waals surface area contributed by atoms with E-state index >= 15 is 0 Å². The Morgan fingerprint density at radius 2 is 1.96 bits per heavy atom. The van der Waals surface area contributed by atoms with Gasteiger partial charge in [0.05, 0.1) is 11.1 Å². The van der Waals surface area contributed by atoms with Crippen molar-refractivity contribution in [2.45, 2.75) is 26.7 Å². The molecule has 2 heterocycles. The summed E-state index contributed by atoms with van der Waals surface area (Å²) >= 11 is 0. The lowest BCUT2D eigenvalue weighted by molar-refractivity contribution is 0.0953. The number of carbonyl (C=O) groups excluding carboxylic acids is 1. The Morgan fingerprint density at radius 1 is 1.24 bits per heavy atom. The van der Waals surface area contributed by atoms with Crippen LogP contribution in [0.3, 0.4) is 0 Å². The molecule has 0 saturated carbocycles. The molecule has 0 aliphatic heterocycles. The summed E-state index contributed by atoms with van der Waals surface area (Å²) in [6.45, 7) is 4.07. The molecule has 7 heteroatoms. The van der Waals surface area contributed by atoms with Crippen LogP contribution in [0.4, 0.5) is 8.78 Å². The number of fused-ring (bicyclic) bond motifs is 1. The molecule has 130 valence electrons. The highest BCUT2D eigenvalue weighted by Crippen LogP contribution is 2.25. The number of nitrogens with zero attached hydrogens (tertiary/aromatic N) is 2. The molecule has 0 atom stereocenters. The van der Waals surface area contributed by atoms with E-state index in [9.17, 15) is 13.6 Å². The van der Waals surface area contributed by atoms with Crippen LogP contribution in [0.25, 0.3) is 10.9 Å². The molecule has 5 nitrogen and oxygen atoms in total. The van der Waals surface area contributed by atoms with Gasteiger partial charge < -0.3 is 10.3 Å². The van der Waals surface area contributed by atoms with E-state index in [0.717, 1.165) is 17.3 Å². The van der Waals surface area contributed by atoms with Crippen LogP contribution in [0.2, 0.25) is 0 Å². The second-order valence-electron chi connectivity index (χ2n) is 5.79. The van der Waals surface area contributed by atoms with Crippen LogP contribution in [0, 0.1) is 18.6 Å². The average Bonchev–Trinajstić information content (AvgIpc) is 2.91. The number of halogens is 2. The maximum absolute atomic E-state index is 13.8. The molecular weight excluding hydrogens is 326 g/mol. The normalized spacial score (nSPS) is 11.0. The zero-order valence-corrected chi connectivity index (χ0v) is 14.0. The summed E-state index contributed by atoms with van der Waals surface area (Å²) in [5.74, 6) is -0.850. The first kappa shape index (κ1) is 17.0. The summed E-state index contributed by atoms with van der Waals surface area (Å²) in [5, 5.41) is 3.28. The van der Waals surface area contributed by atoms with Gasteiger partial charge in [-0.25, -0.2) is 18.7 Å². The van der Waals surface area contributed by atoms with E-state index in [-0.39, 0.29) is 11.4 Å². The number of hydrogen-bond donors (Lipinski definition) is 2. The first-order valence-electron chi connectivity index (χ1n) is 8.05. The number of benzene rings is 1. The van der Waals surface area contributed by atoms with Crippen LogP contribution >= 0.6 is 0 Å². The molecule has 25 heavy (non-hydrogen) atoms. The Labute approximate surface area is 143 Å². The lowest BCUT2D eigenvalue weighted by Crippen LogP contribution is -2.26. The van der Waals surface area contributed by atoms with Gasteiger partial charge in [0, 0.05) is 42.5 Å². The quantitative estimate of drug-likeness (QED) is 0.747. The lowest BCUT2D eigenvalue weighted by Gasteiger charge is -2.06. The Kier molecular flexibility index (Phi) is 4.74. The number of rotatable bonds is 5. The molecule has 0 saturated heterocycles. The Morgan fingerprint density at radius 3 is 2.64 bits per heavy atom. The number of carbonyl (C=O) groups is 1. The third-order valence-electron chi connectivity index (χ3n) is 4.09. The van der Waals surface area contributed by atoms with Crippen molar-refractivity contribution in [3.8, 4) is 0 Å². The fraction of sp³-hybridized carbons (Fsp3) is 0.278. The number of nitrogens with one attached hydrogen (secondary N) is 2. The summed E-state index contributed by atoms with van der Waals surface area (Å²) < 4.78 is 27.3. The first-order chi connectivity index (χ1) is 12.0. The molecule has 1 amide bonds. The molecule has 0 fully saturated rings. The number of H-pyrrole nitrogens is 1. The van der Waals surface area contributed by atoms with E-state index in [4.69, 9.17) is 0 Å². The van der Waals surface area contributed by atoms with Gasteiger partial charge in [0.25, 0.3) is 5.91 Å². The molecule has 1 aromatic carbocycles. The fourth-order valence-electron chi connectivity index (χ4n) is 2.78. The Bertz CT molecular complexity index is 919. The fourth-order valence-corrected chi connectivity index (χ4v) is 2.78. The molecule has 0 spiro atoms. The first-order valence-corrected chi connectivity index (χ1v) is 8.05. The molecule has 2 N–H and O–H groups in total. The maximum atomic E-state index is 13.8. The highest BCUT2D eigenvalue weighted by atomic mass is 19.1. The highest BCUT2D eigenvalue weighted by Gasteiger charge is 2.14. The lowest BCUT2D eigenvalue weighted by atomic mass is 10.1. The smallest absolute Gasteiger partial charge is 0.254 e. The minimum Gasteiger partial charge on any atom is -0.356 e. The Hall–Kier alpha value is -2.83. The molecular formula is C18H18F2N4O. The molecule has 0 aliphatic carbocycles. The summed E-state index contributed by atoms with van der Waals surface area (Å²) in [4.78, 5) is 23.2. The molecule has 0 unspecified atom stereocenters. The second kappa shape index (κ2) is 6.96. The maximum Gasteiger partial charge on any atom is 0.254 e. The number of hydrogen-bond acceptors (Lipinski definition) is 3. The molecule has 2 aromatic heterocycles. The van der Waals surface area contributed by atoms with Crippen molar-refractivity contribution >= 4 is 16.8 Å². The molecule has 0 bridgehead atoms. The van der Waals surface area contributed by atoms with Crippen LogP contribution in [0.15, 0.2) is 24.5 Å². The van der Waals surface area contributed by atoms with E-state index in [0.29, 0.717) is 36.2 Å². The van der Waals surface area contributed by atoms with E-state index in [2.05, 4.69) is 20.3 Å². The van der Waals surface area contributed by atoms with Crippen LogP contribution in [-0.2, 0) is 12.8 Å². The van der Waals surface area contributed by atoms with Crippen molar-refractivity contribution in [2.75, 3.05) is 6.54 Å². The SMILES string of the molecule is CCc1ncc(C(=O)NCCc2c(C)[nH]c3c(F)cc(F)cc23)cn1. The number of aryl methyl sites for hydroxylation is 2. The average molecular weight is 344 g/mol. The van der Waals surface area contributed by atoms with Crippen LogP contribution in [0.5, 0.6) is 0 Å². The zero-order valence-electron chi connectivity index (χ0n) is 14.0. The van der Waals surface area contributed by atoms with Gasteiger partial charge in [-0.3, -0.25) is 4.79 Å². The predicted octanol–water partition coefficient (Wildman–Crippen LogP) is 3.08. The van der Waals surface area contributed by atoms with Gasteiger partial charge >= 0.3 is 0 Å². The third-order valence-corrected chi connectivity index (χ3v) is 4.09. The van der Waals surface area contributed by atoms with Gasteiger partial charge in [-0.2, -0.15) is 0 Å². The molecule has 3 aromatic rings. The standard InChI is InChI=1S/C18H18F2N4O/c1-3-16-22-8-11(9-23-16)18(25)21-5-4-13-10(2)24-17-14(13)6-12(19)7-15(17)20/h6-9,24H,3-5H2,1-2H3,(H,21,25). The van der Waals surface area contributed by atoms with Gasteiger partial charge in [-0.1, -0.05) is 6.92 Å². The van der Waals surface area contributed by atoms with Gasteiger partial charge in [0.15, 0.2) is 0 Å². The van der Waals surface area contributed by atoms with Gasteiger partial charge in [0.1, 0.15) is 17.5 Å². The van der Waals surface area contributed by atoms with E-state index in [1.54, 1.807) is 6.92 Å². The third kappa shape index (κ3) is 3.50. The van der Waals surface area contributed by atoms with Crippen LogP contribution in [-0.4, -0.2) is 27.4 Å². The number of aromatic amines is 1. The summed E-state index contributed by atoms with van der Waals surface area (Å²) in [7, 11) is 0. The molecule has 3 rings (SSSR count). The Balaban J connectivity index is 1.70. The molecule has 0 aliphatic rings. The zero-order chi connectivity index (χ0) is 18.0. The van der Waals surface area contributed by atoms with Crippen LogP contribution in [0.1, 0.15) is 34.4 Å². The minimum atomic E-state index is -0.624. The topological polar surface area (TPSA) is 70.7 Å². The molecule has 0 radical (unpaired) electrons. The van der Waals surface area contributed by atoms with Gasteiger partial charge in [-0.05, 0) is 25.0 Å². The minimum absolute atomic E-state index is 0.280. The van der Waals surface area contributed by atoms with Gasteiger partial charge in [-0.15, -0.1) is 0 Å². The highest BCUT2D eigenvalue weighted by molar-refractivity contribution is 5.93. The van der Waals surface area contributed by atoms with Gasteiger partial charge in [0.2, 0.25) is 0 Å². The monoisotopic (exact) mass is 344 g/mol. The summed E-state index contributed by atoms with van der Waals surface area (Å²) in [6, 6.07) is 2.15. The van der Waals surface area contributed by atoms with Crippen molar-refractivity contribution in [1.29, 1.82) is 0 Å². The number of amides is 1. The predicted molar refractivity (Wildman–Crippen MR) is 90.4 cm³/mol. The second-order valence-corrected chi connectivity index (χ2v) is 5.79. The van der Waals surface area contributed by atoms with Crippen molar-refractivity contribution in [3.05, 3.63) is 58.8 Å². The van der Waals surface area contributed by atoms with Crippen molar-refractivity contribution < 1.29 is 13.6 Å². The number of aromatic nitrogens is 3. The summed E-state index contributed by atoms with van der Waals surface area (Å²) in [5.41, 5.74) is 2.20. The van der Waals surface area contributed by atoms with Crippen molar-refractivity contribution in [3.63, 3.8) is 0 Å². The van der Waals surface area contributed by atoms with Crippen molar-refractivity contribution in [1.82, 2.24) is 20.3 Å².